The zero-order chi connectivity index (χ0) is 23.4. The minimum absolute atomic E-state index is 0.181. The van der Waals surface area contributed by atoms with Crippen LogP contribution in [0.2, 0.25) is 0 Å². The minimum Gasteiger partial charge on any atom is -0.478 e. The molecule has 0 aliphatic carbocycles. The van der Waals surface area contributed by atoms with E-state index in [9.17, 15) is 14.1 Å². The molecule has 0 aliphatic rings. The van der Waals surface area contributed by atoms with Gasteiger partial charge in [-0.3, -0.25) is 0 Å². The number of carboxylic acid groups (broad SMARTS) is 1. The van der Waals surface area contributed by atoms with E-state index in [1.807, 2.05) is 54.4 Å². The molecule has 33 heavy (non-hydrogen) atoms. The average Bonchev–Trinajstić information content (AvgIpc) is 2.82. The van der Waals surface area contributed by atoms with E-state index in [1.165, 1.54) is 0 Å². The molecule has 0 bridgehead atoms. The molecule has 0 radical (unpaired) electrons. The van der Waals surface area contributed by atoms with Gasteiger partial charge in [0.2, 0.25) is 5.95 Å². The monoisotopic (exact) mass is 462 g/mol. The lowest BCUT2D eigenvalue weighted by Crippen LogP contribution is -2.12. The summed E-state index contributed by atoms with van der Waals surface area (Å²) in [5.74, 6) is 0.297. The van der Waals surface area contributed by atoms with Crippen molar-refractivity contribution in [2.75, 3.05) is 23.0 Å². The van der Waals surface area contributed by atoms with Gasteiger partial charge in [-0.05, 0) is 59.2 Å². The maximum Gasteiger partial charge on any atom is 0.336 e. The molecular weight excluding hydrogens is 440 g/mol. The third kappa shape index (κ3) is 5.33. The largest absolute Gasteiger partial charge is 0.478 e. The second-order valence-electron chi connectivity index (χ2n) is 7.41. The molecule has 0 saturated heterocycles. The SMILES string of the molecule is CN(c1ccc2c(C(=O)O)cccc2c1)c1ccnc(Nc2cccc(CCS(=O)O)c2)n1. The van der Waals surface area contributed by atoms with Crippen LogP contribution in [0.5, 0.6) is 0 Å². The Hall–Kier alpha value is -3.82. The van der Waals surface area contributed by atoms with Crippen LogP contribution in [0.4, 0.5) is 23.1 Å². The van der Waals surface area contributed by atoms with Crippen LogP contribution in [0.1, 0.15) is 15.9 Å². The van der Waals surface area contributed by atoms with Gasteiger partial charge in [0.25, 0.3) is 0 Å². The van der Waals surface area contributed by atoms with Gasteiger partial charge in [-0.2, -0.15) is 4.98 Å². The summed E-state index contributed by atoms with van der Waals surface area (Å²) >= 11 is -1.83. The number of carboxylic acids is 1. The summed E-state index contributed by atoms with van der Waals surface area (Å²) < 4.78 is 19.9. The van der Waals surface area contributed by atoms with Crippen molar-refractivity contribution >= 4 is 51.0 Å². The predicted molar refractivity (Wildman–Crippen MR) is 130 cm³/mol. The molecule has 0 aliphatic heterocycles. The Bertz CT molecular complexity index is 1350. The van der Waals surface area contributed by atoms with Gasteiger partial charge in [-0.1, -0.05) is 30.3 Å². The van der Waals surface area contributed by atoms with Crippen LogP contribution in [0, 0.1) is 0 Å². The maximum atomic E-state index is 11.5. The molecule has 168 valence electrons. The predicted octanol–water partition coefficient (Wildman–Crippen LogP) is 4.60. The Balaban J connectivity index is 1.56. The molecule has 1 aromatic heterocycles. The van der Waals surface area contributed by atoms with Crippen LogP contribution in [0.3, 0.4) is 0 Å². The summed E-state index contributed by atoms with van der Waals surface area (Å²) in [7, 11) is 1.88. The van der Waals surface area contributed by atoms with Gasteiger partial charge in [-0.25, -0.2) is 14.0 Å². The fourth-order valence-electron chi connectivity index (χ4n) is 3.53. The van der Waals surface area contributed by atoms with Crippen molar-refractivity contribution in [3.63, 3.8) is 0 Å². The number of nitrogens with zero attached hydrogens (tertiary/aromatic N) is 3. The summed E-state index contributed by atoms with van der Waals surface area (Å²) in [6.07, 6.45) is 2.15. The lowest BCUT2D eigenvalue weighted by atomic mass is 10.0. The Kier molecular flexibility index (Phi) is 6.62. The molecule has 8 nitrogen and oxygen atoms in total. The Morgan fingerprint density at radius 3 is 2.70 bits per heavy atom. The molecule has 3 N–H and O–H groups in total. The van der Waals surface area contributed by atoms with E-state index < -0.39 is 17.0 Å². The van der Waals surface area contributed by atoms with Crippen molar-refractivity contribution < 1.29 is 18.7 Å². The number of hydrogen-bond donors (Lipinski definition) is 3. The number of hydrogen-bond acceptors (Lipinski definition) is 6. The Morgan fingerprint density at radius 1 is 1.09 bits per heavy atom. The van der Waals surface area contributed by atoms with Crippen molar-refractivity contribution in [3.8, 4) is 0 Å². The third-order valence-electron chi connectivity index (χ3n) is 5.21. The molecule has 4 rings (SSSR count). The van der Waals surface area contributed by atoms with Gasteiger partial charge < -0.3 is 19.9 Å². The number of carbonyl (C=O) groups is 1. The lowest BCUT2D eigenvalue weighted by molar-refractivity contribution is 0.0699. The van der Waals surface area contributed by atoms with Crippen molar-refractivity contribution in [1.82, 2.24) is 9.97 Å². The number of aryl methyl sites for hydroxylation is 1. The minimum atomic E-state index is -1.83. The standard InChI is InChI=1S/C24H22N4O4S/c1-28(19-8-9-20-17(15-19)5-3-7-21(20)23(29)30)22-10-12-25-24(27-22)26-18-6-2-4-16(14-18)11-13-33(31)32/h2-10,12,14-15H,11,13H2,1H3,(H,29,30)(H,31,32)(H,25,26,27). The molecule has 1 atom stereocenters. The highest BCUT2D eigenvalue weighted by atomic mass is 32.2. The van der Waals surface area contributed by atoms with Crippen LogP contribution in [-0.2, 0) is 17.5 Å². The van der Waals surface area contributed by atoms with E-state index in [4.69, 9.17) is 4.55 Å². The summed E-state index contributed by atoms with van der Waals surface area (Å²) in [6, 6.07) is 20.1. The van der Waals surface area contributed by atoms with E-state index >= 15 is 0 Å². The zero-order valence-electron chi connectivity index (χ0n) is 17.8. The summed E-state index contributed by atoms with van der Waals surface area (Å²) in [5.41, 5.74) is 2.84. The zero-order valence-corrected chi connectivity index (χ0v) is 18.6. The molecule has 1 unspecified atom stereocenters. The van der Waals surface area contributed by atoms with Gasteiger partial charge in [0.1, 0.15) is 5.82 Å². The molecular formula is C24H22N4O4S. The normalized spacial score (nSPS) is 11.8. The van der Waals surface area contributed by atoms with Crippen LogP contribution in [0.25, 0.3) is 10.8 Å². The number of rotatable bonds is 8. The number of aromatic nitrogens is 2. The van der Waals surface area contributed by atoms with E-state index in [0.717, 1.165) is 22.3 Å². The van der Waals surface area contributed by atoms with Gasteiger partial charge in [-0.15, -0.1) is 0 Å². The van der Waals surface area contributed by atoms with Gasteiger partial charge >= 0.3 is 5.97 Å². The van der Waals surface area contributed by atoms with Gasteiger partial charge in [0.05, 0.1) is 11.3 Å². The number of aromatic carboxylic acids is 1. The van der Waals surface area contributed by atoms with E-state index in [0.29, 0.717) is 23.6 Å². The van der Waals surface area contributed by atoms with Crippen LogP contribution in [-0.4, -0.2) is 42.6 Å². The highest BCUT2D eigenvalue weighted by Crippen LogP contribution is 2.28. The smallest absolute Gasteiger partial charge is 0.336 e. The van der Waals surface area contributed by atoms with E-state index in [1.54, 1.807) is 30.5 Å². The van der Waals surface area contributed by atoms with Gasteiger partial charge in [0.15, 0.2) is 11.1 Å². The topological polar surface area (TPSA) is 116 Å². The molecule has 0 amide bonds. The average molecular weight is 463 g/mol. The third-order valence-corrected chi connectivity index (χ3v) is 5.77. The van der Waals surface area contributed by atoms with Crippen LogP contribution < -0.4 is 10.2 Å². The highest BCUT2D eigenvalue weighted by molar-refractivity contribution is 7.79. The molecule has 0 fully saturated rings. The number of benzene rings is 3. The molecule has 0 spiro atoms. The van der Waals surface area contributed by atoms with Crippen molar-refractivity contribution in [3.05, 3.63) is 84.1 Å². The second-order valence-corrected chi connectivity index (χ2v) is 8.47. The van der Waals surface area contributed by atoms with E-state index in [2.05, 4.69) is 15.3 Å². The fourth-order valence-corrected chi connectivity index (χ4v) is 3.94. The number of anilines is 4. The molecule has 9 heteroatoms. The van der Waals surface area contributed by atoms with Crippen LogP contribution >= 0.6 is 0 Å². The Labute approximate surface area is 193 Å². The van der Waals surface area contributed by atoms with Crippen molar-refractivity contribution in [1.29, 1.82) is 0 Å². The maximum absolute atomic E-state index is 11.5. The first-order valence-electron chi connectivity index (χ1n) is 10.2. The quantitative estimate of drug-likeness (QED) is 0.325. The number of fused-ring (bicyclic) bond motifs is 1. The molecule has 4 aromatic rings. The first-order chi connectivity index (χ1) is 15.9. The fraction of sp³-hybridized carbons (Fsp3) is 0.125. The second kappa shape index (κ2) is 9.76. The van der Waals surface area contributed by atoms with Crippen molar-refractivity contribution in [2.45, 2.75) is 6.42 Å². The lowest BCUT2D eigenvalue weighted by Gasteiger charge is -2.19. The first kappa shape index (κ1) is 22.4. The molecule has 3 aromatic carbocycles. The van der Waals surface area contributed by atoms with Crippen LogP contribution in [0.15, 0.2) is 72.9 Å². The molecule has 0 saturated carbocycles. The van der Waals surface area contributed by atoms with Gasteiger partial charge in [0, 0.05) is 24.6 Å². The highest BCUT2D eigenvalue weighted by Gasteiger charge is 2.12. The van der Waals surface area contributed by atoms with Crippen molar-refractivity contribution in [2.24, 2.45) is 0 Å². The first-order valence-corrected chi connectivity index (χ1v) is 11.4. The summed E-state index contributed by atoms with van der Waals surface area (Å²) in [5, 5.41) is 14.1. The van der Waals surface area contributed by atoms with E-state index in [-0.39, 0.29) is 11.3 Å². The summed E-state index contributed by atoms with van der Waals surface area (Å²) in [4.78, 5) is 22.3. The molecule has 1 heterocycles. The summed E-state index contributed by atoms with van der Waals surface area (Å²) in [6.45, 7) is 0. The Morgan fingerprint density at radius 2 is 1.91 bits per heavy atom. The number of nitrogens with one attached hydrogen (secondary N) is 1.